The number of hydrogen-bond donors (Lipinski definition) is 1. The van der Waals surface area contributed by atoms with Crippen LogP contribution in [-0.4, -0.2) is 24.5 Å². The molecule has 4 heteroatoms. The van der Waals surface area contributed by atoms with E-state index in [2.05, 4.69) is 10.3 Å². The molecule has 0 unspecified atom stereocenters. The molecule has 0 saturated heterocycles. The van der Waals surface area contributed by atoms with Gasteiger partial charge in [0.2, 0.25) is 5.91 Å². The number of nitrogens with one attached hydrogen (secondary N) is 1. The van der Waals surface area contributed by atoms with Crippen molar-refractivity contribution in [3.05, 3.63) is 59.9 Å². The molecule has 0 spiro atoms. The average molecular weight is 284 g/mol. The number of aryl methyl sites for hydroxylation is 1. The molecule has 21 heavy (non-hydrogen) atoms. The molecule has 1 heterocycles. The van der Waals surface area contributed by atoms with Gasteiger partial charge in [0.25, 0.3) is 0 Å². The predicted molar refractivity (Wildman–Crippen MR) is 82.3 cm³/mol. The smallest absolute Gasteiger partial charge is 0.224 e. The minimum Gasteiger partial charge on any atom is -0.496 e. The molecule has 0 saturated carbocycles. The maximum absolute atomic E-state index is 11.9. The van der Waals surface area contributed by atoms with Crippen LogP contribution in [-0.2, 0) is 17.6 Å². The minimum atomic E-state index is 0.0144. The Morgan fingerprint density at radius 2 is 2.00 bits per heavy atom. The highest BCUT2D eigenvalue weighted by Crippen LogP contribution is 2.17. The summed E-state index contributed by atoms with van der Waals surface area (Å²) in [5, 5.41) is 2.93. The second-order valence-electron chi connectivity index (χ2n) is 4.76. The van der Waals surface area contributed by atoms with Crippen molar-refractivity contribution in [1.29, 1.82) is 0 Å². The van der Waals surface area contributed by atoms with Crippen molar-refractivity contribution in [2.45, 2.75) is 19.3 Å². The number of methoxy groups -OCH3 is 1. The first-order chi connectivity index (χ1) is 10.3. The van der Waals surface area contributed by atoms with Crippen LogP contribution < -0.4 is 10.1 Å². The van der Waals surface area contributed by atoms with Gasteiger partial charge in [-0.15, -0.1) is 0 Å². The van der Waals surface area contributed by atoms with Gasteiger partial charge in [-0.1, -0.05) is 24.3 Å². The molecule has 0 aliphatic rings. The zero-order valence-corrected chi connectivity index (χ0v) is 12.2. The first kappa shape index (κ1) is 15.0. The molecule has 0 bridgehead atoms. The molecule has 0 aliphatic heterocycles. The molecule has 1 aromatic heterocycles. The lowest BCUT2D eigenvalue weighted by atomic mass is 10.1. The third-order valence-corrected chi connectivity index (χ3v) is 3.20. The number of pyridine rings is 1. The van der Waals surface area contributed by atoms with E-state index >= 15 is 0 Å². The summed E-state index contributed by atoms with van der Waals surface area (Å²) in [6, 6.07) is 13.5. The largest absolute Gasteiger partial charge is 0.496 e. The minimum absolute atomic E-state index is 0.0144. The van der Waals surface area contributed by atoms with E-state index in [0.717, 1.165) is 29.8 Å². The van der Waals surface area contributed by atoms with Crippen molar-refractivity contribution >= 4 is 5.91 Å². The van der Waals surface area contributed by atoms with E-state index in [1.807, 2.05) is 42.5 Å². The summed E-state index contributed by atoms with van der Waals surface area (Å²) in [4.78, 5) is 16.2. The number of ether oxygens (including phenoxy) is 1. The van der Waals surface area contributed by atoms with E-state index in [1.54, 1.807) is 13.3 Å². The Labute approximate surface area is 125 Å². The molecule has 1 N–H and O–H groups in total. The van der Waals surface area contributed by atoms with Crippen LogP contribution in [0.3, 0.4) is 0 Å². The summed E-state index contributed by atoms with van der Waals surface area (Å²) in [5.41, 5.74) is 1.96. The number of para-hydroxylation sites is 1. The number of hydrogen-bond acceptors (Lipinski definition) is 3. The molecule has 1 aromatic carbocycles. The third kappa shape index (κ3) is 4.91. The van der Waals surface area contributed by atoms with Crippen LogP contribution >= 0.6 is 0 Å². The van der Waals surface area contributed by atoms with Crippen molar-refractivity contribution < 1.29 is 9.53 Å². The number of carbonyl (C=O) groups excluding carboxylic acids is 1. The van der Waals surface area contributed by atoms with E-state index in [0.29, 0.717) is 13.0 Å². The monoisotopic (exact) mass is 284 g/mol. The molecule has 0 atom stereocenters. The summed E-state index contributed by atoms with van der Waals surface area (Å²) < 4.78 is 5.24. The first-order valence-electron chi connectivity index (χ1n) is 7.08. The Kier molecular flexibility index (Phi) is 5.76. The van der Waals surface area contributed by atoms with Crippen molar-refractivity contribution in [2.24, 2.45) is 0 Å². The zero-order valence-electron chi connectivity index (χ0n) is 12.2. The molecular formula is C17H20N2O2. The van der Waals surface area contributed by atoms with Crippen molar-refractivity contribution in [2.75, 3.05) is 13.7 Å². The molecule has 110 valence electrons. The second-order valence-corrected chi connectivity index (χ2v) is 4.76. The van der Waals surface area contributed by atoms with Crippen molar-refractivity contribution in [1.82, 2.24) is 10.3 Å². The summed E-state index contributed by atoms with van der Waals surface area (Å²) in [6.07, 6.45) is 3.88. The van der Waals surface area contributed by atoms with Crippen LogP contribution in [0.15, 0.2) is 48.7 Å². The lowest BCUT2D eigenvalue weighted by molar-refractivity contribution is -0.120. The summed E-state index contributed by atoms with van der Waals surface area (Å²) in [6.45, 7) is 0.657. The van der Waals surface area contributed by atoms with E-state index in [-0.39, 0.29) is 5.91 Å². The predicted octanol–water partition coefficient (Wildman–Crippen LogP) is 2.38. The molecule has 2 aromatic rings. The summed E-state index contributed by atoms with van der Waals surface area (Å²) >= 11 is 0. The van der Waals surface area contributed by atoms with Gasteiger partial charge in [0, 0.05) is 24.0 Å². The van der Waals surface area contributed by atoms with Gasteiger partial charge in [-0.05, 0) is 31.0 Å². The van der Waals surface area contributed by atoms with E-state index in [9.17, 15) is 4.79 Å². The number of nitrogens with zero attached hydrogens (tertiary/aromatic N) is 1. The van der Waals surface area contributed by atoms with E-state index < -0.39 is 0 Å². The number of carbonyl (C=O) groups is 1. The summed E-state index contributed by atoms with van der Waals surface area (Å²) in [5.74, 6) is 0.765. The number of aromatic nitrogens is 1. The van der Waals surface area contributed by atoms with Gasteiger partial charge in [0.1, 0.15) is 5.75 Å². The Hall–Kier alpha value is -2.36. The Morgan fingerprint density at radius 3 is 2.76 bits per heavy atom. The van der Waals surface area contributed by atoms with Gasteiger partial charge >= 0.3 is 0 Å². The van der Waals surface area contributed by atoms with Crippen LogP contribution in [0.1, 0.15) is 17.7 Å². The van der Waals surface area contributed by atoms with Crippen LogP contribution in [0.2, 0.25) is 0 Å². The standard InChI is InChI=1S/C17H20N2O2/c1-21-16-10-3-2-7-14(16)13-17(20)19-12-6-9-15-8-4-5-11-18-15/h2-5,7-8,10-11H,6,9,12-13H2,1H3,(H,19,20). The quantitative estimate of drug-likeness (QED) is 0.794. The topological polar surface area (TPSA) is 51.2 Å². The lowest BCUT2D eigenvalue weighted by Crippen LogP contribution is -2.26. The highest BCUT2D eigenvalue weighted by Gasteiger charge is 2.07. The van der Waals surface area contributed by atoms with Gasteiger partial charge < -0.3 is 10.1 Å². The average Bonchev–Trinajstić information content (AvgIpc) is 2.53. The molecule has 0 fully saturated rings. The fourth-order valence-corrected chi connectivity index (χ4v) is 2.13. The molecular weight excluding hydrogens is 264 g/mol. The van der Waals surface area contributed by atoms with Gasteiger partial charge in [-0.3, -0.25) is 9.78 Å². The number of amides is 1. The Bertz CT molecular complexity index is 570. The third-order valence-electron chi connectivity index (χ3n) is 3.20. The van der Waals surface area contributed by atoms with Crippen LogP contribution in [0.25, 0.3) is 0 Å². The molecule has 0 aliphatic carbocycles. The Morgan fingerprint density at radius 1 is 1.19 bits per heavy atom. The maximum atomic E-state index is 11.9. The van der Waals surface area contributed by atoms with Gasteiger partial charge in [-0.25, -0.2) is 0 Å². The normalized spacial score (nSPS) is 10.1. The molecule has 0 radical (unpaired) electrons. The van der Waals surface area contributed by atoms with E-state index in [4.69, 9.17) is 4.74 Å². The van der Waals surface area contributed by atoms with Gasteiger partial charge in [0.05, 0.1) is 13.5 Å². The number of rotatable bonds is 7. The second kappa shape index (κ2) is 8.04. The Balaban J connectivity index is 1.72. The fraction of sp³-hybridized carbons (Fsp3) is 0.294. The van der Waals surface area contributed by atoms with Crippen LogP contribution in [0.5, 0.6) is 5.75 Å². The van der Waals surface area contributed by atoms with Crippen molar-refractivity contribution in [3.8, 4) is 5.75 Å². The highest BCUT2D eigenvalue weighted by atomic mass is 16.5. The van der Waals surface area contributed by atoms with Crippen LogP contribution in [0.4, 0.5) is 0 Å². The maximum Gasteiger partial charge on any atom is 0.224 e. The lowest BCUT2D eigenvalue weighted by Gasteiger charge is -2.08. The van der Waals surface area contributed by atoms with E-state index in [1.165, 1.54) is 0 Å². The first-order valence-corrected chi connectivity index (χ1v) is 7.08. The molecule has 4 nitrogen and oxygen atoms in total. The van der Waals surface area contributed by atoms with Crippen LogP contribution in [0, 0.1) is 0 Å². The fourth-order valence-electron chi connectivity index (χ4n) is 2.13. The highest BCUT2D eigenvalue weighted by molar-refractivity contribution is 5.79. The zero-order chi connectivity index (χ0) is 14.9. The molecule has 1 amide bonds. The number of benzene rings is 1. The molecule has 2 rings (SSSR count). The van der Waals surface area contributed by atoms with Crippen molar-refractivity contribution in [3.63, 3.8) is 0 Å². The summed E-state index contributed by atoms with van der Waals surface area (Å²) in [7, 11) is 1.61. The van der Waals surface area contributed by atoms with Gasteiger partial charge in [0.15, 0.2) is 0 Å². The van der Waals surface area contributed by atoms with Gasteiger partial charge in [-0.2, -0.15) is 0 Å². The SMILES string of the molecule is COc1ccccc1CC(=O)NCCCc1ccccn1.